The molecule has 0 aromatic heterocycles. The molecule has 0 saturated carbocycles. The van der Waals surface area contributed by atoms with E-state index in [1.807, 2.05) is 23.1 Å². The van der Waals surface area contributed by atoms with Crippen molar-refractivity contribution in [2.24, 2.45) is 11.8 Å². The van der Waals surface area contributed by atoms with Gasteiger partial charge in [0.15, 0.2) is 0 Å². The van der Waals surface area contributed by atoms with Crippen LogP contribution in [0.25, 0.3) is 0 Å². The van der Waals surface area contributed by atoms with Gasteiger partial charge < -0.3 is 19.8 Å². The van der Waals surface area contributed by atoms with Crippen LogP contribution >= 0.6 is 0 Å². The quantitative estimate of drug-likeness (QED) is 0.832. The SMILES string of the molecule is CN1CCCN(C[C@@H]2CN(C(=O)CCc3ccccc3)C[C@@H]2CO)CC1. The molecule has 2 heterocycles. The summed E-state index contributed by atoms with van der Waals surface area (Å²) in [5, 5.41) is 9.81. The number of carbonyl (C=O) groups excluding carboxylic acids is 1. The van der Waals surface area contributed by atoms with Gasteiger partial charge in [0.1, 0.15) is 0 Å². The molecule has 2 aliphatic heterocycles. The van der Waals surface area contributed by atoms with Crippen LogP contribution in [-0.4, -0.2) is 85.2 Å². The number of hydrogen-bond donors (Lipinski definition) is 1. The molecular weight excluding hydrogens is 326 g/mol. The normalized spacial score (nSPS) is 25.4. The van der Waals surface area contributed by atoms with Crippen LogP contribution in [-0.2, 0) is 11.2 Å². The molecule has 2 aliphatic rings. The fourth-order valence-electron chi connectivity index (χ4n) is 4.22. The van der Waals surface area contributed by atoms with Gasteiger partial charge in [-0.25, -0.2) is 0 Å². The summed E-state index contributed by atoms with van der Waals surface area (Å²) in [6, 6.07) is 10.2. The number of amides is 1. The molecule has 0 unspecified atom stereocenters. The smallest absolute Gasteiger partial charge is 0.222 e. The highest BCUT2D eigenvalue weighted by molar-refractivity contribution is 5.76. The van der Waals surface area contributed by atoms with Crippen LogP contribution in [0, 0.1) is 11.8 Å². The van der Waals surface area contributed by atoms with Crippen molar-refractivity contribution in [3.8, 4) is 0 Å². The third-order valence-electron chi connectivity index (χ3n) is 5.94. The van der Waals surface area contributed by atoms with Crippen molar-refractivity contribution < 1.29 is 9.90 Å². The number of benzene rings is 1. The Morgan fingerprint density at radius 1 is 1.08 bits per heavy atom. The molecule has 2 fully saturated rings. The van der Waals surface area contributed by atoms with Gasteiger partial charge in [-0.1, -0.05) is 30.3 Å². The van der Waals surface area contributed by atoms with E-state index in [1.54, 1.807) is 0 Å². The van der Waals surface area contributed by atoms with Gasteiger partial charge in [-0.3, -0.25) is 4.79 Å². The lowest BCUT2D eigenvalue weighted by molar-refractivity contribution is -0.130. The minimum Gasteiger partial charge on any atom is -0.396 e. The van der Waals surface area contributed by atoms with Gasteiger partial charge in [0.25, 0.3) is 0 Å². The van der Waals surface area contributed by atoms with Gasteiger partial charge in [0, 0.05) is 51.7 Å². The van der Waals surface area contributed by atoms with E-state index in [1.165, 1.54) is 12.0 Å². The van der Waals surface area contributed by atoms with E-state index in [4.69, 9.17) is 0 Å². The molecule has 1 amide bonds. The third-order valence-corrected chi connectivity index (χ3v) is 5.94. The zero-order valence-electron chi connectivity index (χ0n) is 16.0. The summed E-state index contributed by atoms with van der Waals surface area (Å²) in [7, 11) is 2.18. The maximum Gasteiger partial charge on any atom is 0.222 e. The van der Waals surface area contributed by atoms with Gasteiger partial charge in [-0.2, -0.15) is 0 Å². The predicted octanol–water partition coefficient (Wildman–Crippen LogP) is 1.32. The second kappa shape index (κ2) is 9.49. The number of aliphatic hydroxyl groups is 1. The molecule has 2 atom stereocenters. The fourth-order valence-corrected chi connectivity index (χ4v) is 4.22. The van der Waals surface area contributed by atoms with E-state index in [2.05, 4.69) is 29.0 Å². The van der Waals surface area contributed by atoms with E-state index in [-0.39, 0.29) is 18.4 Å². The van der Waals surface area contributed by atoms with Crippen molar-refractivity contribution in [3.63, 3.8) is 0 Å². The van der Waals surface area contributed by atoms with Crippen molar-refractivity contribution in [1.82, 2.24) is 14.7 Å². The van der Waals surface area contributed by atoms with E-state index >= 15 is 0 Å². The molecule has 26 heavy (non-hydrogen) atoms. The van der Waals surface area contributed by atoms with E-state index in [9.17, 15) is 9.90 Å². The average Bonchev–Trinajstić information content (AvgIpc) is 2.96. The molecule has 5 nitrogen and oxygen atoms in total. The number of carbonyl (C=O) groups is 1. The number of likely N-dealkylation sites (N-methyl/N-ethyl adjacent to an activating group) is 1. The molecule has 1 N–H and O–H groups in total. The highest BCUT2D eigenvalue weighted by atomic mass is 16.3. The highest BCUT2D eigenvalue weighted by Gasteiger charge is 2.35. The van der Waals surface area contributed by atoms with Gasteiger partial charge in [-0.15, -0.1) is 0 Å². The van der Waals surface area contributed by atoms with Gasteiger partial charge in [-0.05, 0) is 44.5 Å². The Bertz CT molecular complexity index is 566. The monoisotopic (exact) mass is 359 g/mol. The molecule has 0 radical (unpaired) electrons. The number of aryl methyl sites for hydroxylation is 1. The molecular formula is C21H33N3O2. The Kier molecular flexibility index (Phi) is 7.06. The summed E-state index contributed by atoms with van der Waals surface area (Å²) in [4.78, 5) is 19.5. The van der Waals surface area contributed by atoms with Crippen molar-refractivity contribution >= 4 is 5.91 Å². The van der Waals surface area contributed by atoms with Crippen molar-refractivity contribution in [2.45, 2.75) is 19.3 Å². The lowest BCUT2D eigenvalue weighted by atomic mass is 9.96. The molecule has 1 aromatic carbocycles. The summed E-state index contributed by atoms with van der Waals surface area (Å²) < 4.78 is 0. The third kappa shape index (κ3) is 5.29. The molecule has 0 bridgehead atoms. The van der Waals surface area contributed by atoms with E-state index < -0.39 is 0 Å². The van der Waals surface area contributed by atoms with Crippen LogP contribution in [0.3, 0.4) is 0 Å². The maximum absolute atomic E-state index is 12.6. The molecule has 0 aliphatic carbocycles. The Labute approximate surface area is 157 Å². The number of nitrogens with zero attached hydrogens (tertiary/aromatic N) is 3. The zero-order chi connectivity index (χ0) is 18.4. The number of aliphatic hydroxyl groups excluding tert-OH is 1. The van der Waals surface area contributed by atoms with Crippen LogP contribution in [0.1, 0.15) is 18.4 Å². The van der Waals surface area contributed by atoms with Crippen LogP contribution in [0.4, 0.5) is 0 Å². The zero-order valence-corrected chi connectivity index (χ0v) is 16.0. The summed E-state index contributed by atoms with van der Waals surface area (Å²) in [5.41, 5.74) is 1.21. The van der Waals surface area contributed by atoms with Gasteiger partial charge >= 0.3 is 0 Å². The first-order chi connectivity index (χ1) is 12.7. The Morgan fingerprint density at radius 3 is 2.62 bits per heavy atom. The molecule has 144 valence electrons. The molecule has 5 heteroatoms. The molecule has 2 saturated heterocycles. The first kappa shape index (κ1) is 19.3. The van der Waals surface area contributed by atoms with Crippen LogP contribution < -0.4 is 0 Å². The maximum atomic E-state index is 12.6. The summed E-state index contributed by atoms with van der Waals surface area (Å²) in [6.07, 6.45) is 2.55. The summed E-state index contributed by atoms with van der Waals surface area (Å²) >= 11 is 0. The fraction of sp³-hybridized carbons (Fsp3) is 0.667. The first-order valence-corrected chi connectivity index (χ1v) is 9.99. The van der Waals surface area contributed by atoms with Crippen LogP contribution in [0.15, 0.2) is 30.3 Å². The second-order valence-electron chi connectivity index (χ2n) is 7.94. The topological polar surface area (TPSA) is 47.0 Å². The van der Waals surface area contributed by atoms with E-state index in [0.29, 0.717) is 18.9 Å². The minimum absolute atomic E-state index is 0.181. The number of likely N-dealkylation sites (tertiary alicyclic amines) is 1. The Morgan fingerprint density at radius 2 is 1.85 bits per heavy atom. The van der Waals surface area contributed by atoms with E-state index in [0.717, 1.165) is 45.7 Å². The Hall–Kier alpha value is -1.43. The average molecular weight is 360 g/mol. The van der Waals surface area contributed by atoms with Gasteiger partial charge in [0.2, 0.25) is 5.91 Å². The lowest BCUT2D eigenvalue weighted by Crippen LogP contribution is -2.36. The Balaban J connectivity index is 1.50. The second-order valence-corrected chi connectivity index (χ2v) is 7.94. The number of rotatable bonds is 6. The van der Waals surface area contributed by atoms with Crippen molar-refractivity contribution in [3.05, 3.63) is 35.9 Å². The largest absolute Gasteiger partial charge is 0.396 e. The lowest BCUT2D eigenvalue weighted by Gasteiger charge is -2.26. The van der Waals surface area contributed by atoms with Crippen molar-refractivity contribution in [2.75, 3.05) is 59.5 Å². The predicted molar refractivity (Wildman–Crippen MR) is 104 cm³/mol. The summed E-state index contributed by atoms with van der Waals surface area (Å²) in [6.45, 7) is 7.18. The molecule has 0 spiro atoms. The molecule has 1 aromatic rings. The number of hydrogen-bond acceptors (Lipinski definition) is 4. The van der Waals surface area contributed by atoms with Crippen molar-refractivity contribution in [1.29, 1.82) is 0 Å². The summed E-state index contributed by atoms with van der Waals surface area (Å²) in [5.74, 6) is 0.839. The first-order valence-electron chi connectivity index (χ1n) is 9.99. The van der Waals surface area contributed by atoms with Gasteiger partial charge in [0.05, 0.1) is 0 Å². The molecule has 3 rings (SSSR count). The standard InChI is InChI=1S/C21H33N3O2/c1-22-10-5-11-23(13-12-22)14-19-15-24(16-20(19)17-25)21(26)9-8-18-6-3-2-4-7-18/h2-4,6-7,19-20,25H,5,8-17H2,1H3/t19-,20-/m1/s1. The van der Waals surface area contributed by atoms with Crippen LogP contribution in [0.5, 0.6) is 0 Å². The minimum atomic E-state index is 0.181. The highest BCUT2D eigenvalue weighted by Crippen LogP contribution is 2.25. The van der Waals surface area contributed by atoms with Crippen LogP contribution in [0.2, 0.25) is 0 Å².